The highest BCUT2D eigenvalue weighted by Crippen LogP contribution is 2.07. The summed E-state index contributed by atoms with van der Waals surface area (Å²) in [4.78, 5) is 19.2. The first-order chi connectivity index (χ1) is 8.24. The van der Waals surface area contributed by atoms with Gasteiger partial charge in [0, 0.05) is 19.3 Å². The van der Waals surface area contributed by atoms with Crippen molar-refractivity contribution in [1.82, 2.24) is 25.1 Å². The molecule has 2 aromatic rings. The van der Waals surface area contributed by atoms with E-state index < -0.39 is 0 Å². The van der Waals surface area contributed by atoms with Crippen molar-refractivity contribution in [2.75, 3.05) is 12.5 Å². The molecule has 17 heavy (non-hydrogen) atoms. The zero-order chi connectivity index (χ0) is 12.3. The van der Waals surface area contributed by atoms with Gasteiger partial charge in [0.2, 0.25) is 0 Å². The molecule has 0 aromatic carbocycles. The molecule has 0 aliphatic heterocycles. The summed E-state index contributed by atoms with van der Waals surface area (Å²) in [6.45, 7) is 0. The number of carbonyl (C=O) groups is 1. The van der Waals surface area contributed by atoms with Gasteiger partial charge >= 0.3 is 0 Å². The molecule has 8 nitrogen and oxygen atoms in total. The van der Waals surface area contributed by atoms with Gasteiger partial charge in [-0.1, -0.05) is 0 Å². The lowest BCUT2D eigenvalue weighted by atomic mass is 10.4. The molecule has 2 heterocycles. The third-order valence-corrected chi connectivity index (χ3v) is 2.08. The maximum absolute atomic E-state index is 11.3. The summed E-state index contributed by atoms with van der Waals surface area (Å²) in [7, 11) is 1.54. The molecular formula is C9H11N7O. The highest BCUT2D eigenvalue weighted by Gasteiger charge is 2.08. The van der Waals surface area contributed by atoms with Crippen molar-refractivity contribution < 1.29 is 4.79 Å². The van der Waals surface area contributed by atoms with E-state index in [2.05, 4.69) is 25.8 Å². The number of rotatable bonds is 3. The van der Waals surface area contributed by atoms with E-state index in [9.17, 15) is 4.79 Å². The first-order valence-electron chi connectivity index (χ1n) is 4.81. The van der Waals surface area contributed by atoms with Gasteiger partial charge < -0.3 is 10.7 Å². The summed E-state index contributed by atoms with van der Waals surface area (Å²) in [6, 6.07) is 3.21. The predicted octanol–water partition coefficient (Wildman–Crippen LogP) is -0.692. The molecule has 88 valence electrons. The van der Waals surface area contributed by atoms with Crippen LogP contribution in [0.25, 0.3) is 5.82 Å². The van der Waals surface area contributed by atoms with Gasteiger partial charge in [-0.3, -0.25) is 4.79 Å². The Hall–Kier alpha value is -2.48. The number of aromatic nitrogens is 4. The Labute approximate surface area is 96.8 Å². The van der Waals surface area contributed by atoms with E-state index in [4.69, 9.17) is 5.84 Å². The first-order valence-corrected chi connectivity index (χ1v) is 4.81. The zero-order valence-corrected chi connectivity index (χ0v) is 9.08. The van der Waals surface area contributed by atoms with Crippen LogP contribution in [0.5, 0.6) is 0 Å². The van der Waals surface area contributed by atoms with Crippen molar-refractivity contribution in [2.24, 2.45) is 5.84 Å². The fourth-order valence-electron chi connectivity index (χ4n) is 1.25. The third-order valence-electron chi connectivity index (χ3n) is 2.08. The molecule has 0 unspecified atom stereocenters. The number of carbonyl (C=O) groups excluding carboxylic acids is 1. The van der Waals surface area contributed by atoms with Gasteiger partial charge in [0.05, 0.1) is 0 Å². The summed E-state index contributed by atoms with van der Waals surface area (Å²) < 4.78 is 1.47. The van der Waals surface area contributed by atoms with Crippen molar-refractivity contribution in [3.05, 3.63) is 30.4 Å². The summed E-state index contributed by atoms with van der Waals surface area (Å²) in [5, 5.41) is 6.56. The van der Waals surface area contributed by atoms with E-state index in [1.807, 2.05) is 0 Å². The molecule has 0 aliphatic carbocycles. The van der Waals surface area contributed by atoms with Crippen LogP contribution in [-0.2, 0) is 0 Å². The van der Waals surface area contributed by atoms with Crippen molar-refractivity contribution in [3.63, 3.8) is 0 Å². The number of nitrogens with two attached hydrogens (primary N) is 1. The molecule has 0 aliphatic rings. The van der Waals surface area contributed by atoms with Crippen LogP contribution in [0.3, 0.4) is 0 Å². The number of nitrogens with zero attached hydrogens (tertiary/aromatic N) is 4. The minimum absolute atomic E-state index is 0.255. The lowest BCUT2D eigenvalue weighted by molar-refractivity contribution is 0.0957. The van der Waals surface area contributed by atoms with Gasteiger partial charge in [-0.25, -0.2) is 20.5 Å². The molecule has 2 aromatic heterocycles. The monoisotopic (exact) mass is 233 g/mol. The van der Waals surface area contributed by atoms with Crippen LogP contribution in [0.2, 0.25) is 0 Å². The second-order valence-corrected chi connectivity index (χ2v) is 3.13. The van der Waals surface area contributed by atoms with Gasteiger partial charge in [-0.2, -0.15) is 5.10 Å². The number of hydrazine groups is 1. The highest BCUT2D eigenvalue weighted by atomic mass is 16.1. The van der Waals surface area contributed by atoms with Crippen LogP contribution < -0.4 is 16.6 Å². The van der Waals surface area contributed by atoms with Crippen molar-refractivity contribution in [1.29, 1.82) is 0 Å². The highest BCUT2D eigenvalue weighted by molar-refractivity contribution is 5.91. The smallest absolute Gasteiger partial charge is 0.271 e. The number of amides is 1. The normalized spacial score (nSPS) is 10.0. The van der Waals surface area contributed by atoms with Gasteiger partial charge in [0.1, 0.15) is 12.1 Å². The number of hydrogen-bond donors (Lipinski definition) is 3. The Morgan fingerprint density at radius 1 is 1.47 bits per heavy atom. The summed E-state index contributed by atoms with van der Waals surface area (Å²) in [5.74, 6) is 5.96. The fourth-order valence-corrected chi connectivity index (χ4v) is 1.25. The lowest BCUT2D eigenvalue weighted by Crippen LogP contribution is -2.18. The van der Waals surface area contributed by atoms with Crippen LogP contribution in [0.1, 0.15) is 10.5 Å². The van der Waals surface area contributed by atoms with Gasteiger partial charge in [-0.05, 0) is 6.07 Å². The van der Waals surface area contributed by atoms with Crippen molar-refractivity contribution in [3.8, 4) is 5.82 Å². The second kappa shape index (κ2) is 4.58. The molecule has 1 amide bonds. The Morgan fingerprint density at radius 3 is 3.00 bits per heavy atom. The maximum Gasteiger partial charge on any atom is 0.271 e. The first kappa shape index (κ1) is 11.0. The van der Waals surface area contributed by atoms with Crippen molar-refractivity contribution >= 4 is 11.7 Å². The van der Waals surface area contributed by atoms with E-state index in [1.54, 1.807) is 25.4 Å². The quantitative estimate of drug-likeness (QED) is 0.478. The molecule has 0 atom stereocenters. The van der Waals surface area contributed by atoms with Crippen molar-refractivity contribution in [2.45, 2.75) is 0 Å². The minimum Gasteiger partial charge on any atom is -0.354 e. The van der Waals surface area contributed by atoms with Gasteiger partial charge in [0.25, 0.3) is 5.91 Å². The molecule has 0 radical (unpaired) electrons. The average Bonchev–Trinajstić information content (AvgIpc) is 2.87. The molecule has 4 N–H and O–H groups in total. The minimum atomic E-state index is -0.255. The summed E-state index contributed by atoms with van der Waals surface area (Å²) in [5.41, 5.74) is 2.72. The molecule has 0 saturated heterocycles. The SMILES string of the molecule is CNC(=O)c1ccn(-c2cc(NN)ncn2)n1. The largest absolute Gasteiger partial charge is 0.354 e. The number of anilines is 1. The van der Waals surface area contributed by atoms with Crippen LogP contribution in [0.15, 0.2) is 24.7 Å². The third kappa shape index (κ3) is 2.21. The number of nitrogens with one attached hydrogen (secondary N) is 2. The summed E-state index contributed by atoms with van der Waals surface area (Å²) >= 11 is 0. The van der Waals surface area contributed by atoms with Crippen LogP contribution in [0, 0.1) is 0 Å². The van der Waals surface area contributed by atoms with E-state index >= 15 is 0 Å². The topological polar surface area (TPSA) is 111 Å². The molecule has 0 bridgehead atoms. The molecular weight excluding hydrogens is 222 g/mol. The lowest BCUT2D eigenvalue weighted by Gasteiger charge is -2.02. The molecule has 2 rings (SSSR count). The van der Waals surface area contributed by atoms with E-state index in [0.29, 0.717) is 17.3 Å². The van der Waals surface area contributed by atoms with E-state index in [0.717, 1.165) is 0 Å². The van der Waals surface area contributed by atoms with Crippen LogP contribution in [-0.4, -0.2) is 32.7 Å². The second-order valence-electron chi connectivity index (χ2n) is 3.13. The van der Waals surface area contributed by atoms with E-state index in [1.165, 1.54) is 11.0 Å². The number of hydrogen-bond acceptors (Lipinski definition) is 6. The van der Waals surface area contributed by atoms with Crippen LogP contribution in [0.4, 0.5) is 5.82 Å². The Bertz CT molecular complexity index is 536. The Balaban J connectivity index is 2.33. The number of nitrogen functional groups attached to an aromatic ring is 1. The fraction of sp³-hybridized carbons (Fsp3) is 0.111. The predicted molar refractivity (Wildman–Crippen MR) is 60.4 cm³/mol. The van der Waals surface area contributed by atoms with Gasteiger partial charge in [-0.15, -0.1) is 0 Å². The van der Waals surface area contributed by atoms with Crippen LogP contribution >= 0.6 is 0 Å². The molecule has 0 spiro atoms. The summed E-state index contributed by atoms with van der Waals surface area (Å²) in [6.07, 6.45) is 2.99. The maximum atomic E-state index is 11.3. The van der Waals surface area contributed by atoms with E-state index in [-0.39, 0.29) is 5.91 Å². The standard InChI is InChI=1S/C9H11N7O/c1-11-9(17)6-2-3-16(15-6)8-4-7(14-10)12-5-13-8/h2-5H,10H2,1H3,(H,11,17)(H,12,13,14). The Morgan fingerprint density at radius 2 is 2.29 bits per heavy atom. The molecule has 0 saturated carbocycles. The molecule has 0 fully saturated rings. The zero-order valence-electron chi connectivity index (χ0n) is 9.08. The molecule has 8 heteroatoms. The Kier molecular flexibility index (Phi) is 2.97. The van der Waals surface area contributed by atoms with Gasteiger partial charge in [0.15, 0.2) is 11.5 Å². The average molecular weight is 233 g/mol.